The van der Waals surface area contributed by atoms with Crippen molar-refractivity contribution in [2.45, 2.75) is 52.3 Å². The Kier molecular flexibility index (Phi) is 4.56. The fraction of sp³-hybridized carbons (Fsp3) is 0.833. The molecule has 6 heteroatoms. The minimum Gasteiger partial charge on any atom is -0.480 e. The Hall–Kier alpha value is -1.30. The first-order chi connectivity index (χ1) is 8.21. The Labute approximate surface area is 107 Å². The number of rotatable bonds is 3. The van der Waals surface area contributed by atoms with Gasteiger partial charge in [-0.15, -0.1) is 0 Å². The van der Waals surface area contributed by atoms with Crippen molar-refractivity contribution >= 4 is 12.0 Å². The van der Waals surface area contributed by atoms with Crippen LogP contribution in [0.1, 0.15) is 34.1 Å². The summed E-state index contributed by atoms with van der Waals surface area (Å²) < 4.78 is 5.33. The van der Waals surface area contributed by atoms with Crippen LogP contribution in [-0.2, 0) is 9.53 Å². The Morgan fingerprint density at radius 2 is 2.00 bits per heavy atom. The molecule has 0 bridgehead atoms. The second-order valence-electron chi connectivity index (χ2n) is 5.73. The number of carboxylic acid groups (broad SMARTS) is 1. The Morgan fingerprint density at radius 1 is 1.39 bits per heavy atom. The number of carbonyl (C=O) groups is 2. The molecule has 0 aromatic heterocycles. The molecule has 6 nitrogen and oxygen atoms in total. The van der Waals surface area contributed by atoms with E-state index in [-0.39, 0.29) is 12.1 Å². The first kappa shape index (κ1) is 14.8. The van der Waals surface area contributed by atoms with Crippen molar-refractivity contribution < 1.29 is 19.4 Å². The maximum Gasteiger partial charge on any atom is 0.326 e. The molecule has 0 saturated carbocycles. The average Bonchev–Trinajstić information content (AvgIpc) is 2.59. The molecule has 2 amide bonds. The molecule has 1 heterocycles. The third-order valence-corrected chi connectivity index (χ3v) is 3.08. The van der Waals surface area contributed by atoms with Crippen LogP contribution in [0.25, 0.3) is 0 Å². The number of hydrogen-bond donors (Lipinski definition) is 3. The lowest BCUT2D eigenvalue weighted by Crippen LogP contribution is -2.54. The van der Waals surface area contributed by atoms with E-state index >= 15 is 0 Å². The highest BCUT2D eigenvalue weighted by Crippen LogP contribution is 2.19. The van der Waals surface area contributed by atoms with Crippen molar-refractivity contribution in [3.63, 3.8) is 0 Å². The summed E-state index contributed by atoms with van der Waals surface area (Å²) in [5, 5.41) is 14.3. The molecule has 3 unspecified atom stereocenters. The van der Waals surface area contributed by atoms with E-state index in [4.69, 9.17) is 9.84 Å². The molecule has 1 saturated heterocycles. The molecule has 0 spiro atoms. The van der Waals surface area contributed by atoms with E-state index in [2.05, 4.69) is 10.6 Å². The highest BCUT2D eigenvalue weighted by molar-refractivity contribution is 5.83. The van der Waals surface area contributed by atoms with Crippen molar-refractivity contribution in [2.24, 2.45) is 5.41 Å². The molecule has 1 fully saturated rings. The summed E-state index contributed by atoms with van der Waals surface area (Å²) in [5.74, 6) is -1.03. The minimum absolute atomic E-state index is 0.0336. The molecule has 0 radical (unpaired) electrons. The van der Waals surface area contributed by atoms with Gasteiger partial charge in [0.2, 0.25) is 0 Å². The SMILES string of the molecule is CC1OCCC1NC(=O)NC(C(=O)O)C(C)(C)C. The van der Waals surface area contributed by atoms with Gasteiger partial charge in [0, 0.05) is 6.61 Å². The molecular formula is C12H22N2O4. The fourth-order valence-corrected chi connectivity index (χ4v) is 1.91. The van der Waals surface area contributed by atoms with Crippen LogP contribution >= 0.6 is 0 Å². The average molecular weight is 258 g/mol. The monoisotopic (exact) mass is 258 g/mol. The van der Waals surface area contributed by atoms with Crippen LogP contribution < -0.4 is 10.6 Å². The zero-order valence-electron chi connectivity index (χ0n) is 11.3. The summed E-state index contributed by atoms with van der Waals surface area (Å²) in [6.07, 6.45) is 0.718. The minimum atomic E-state index is -1.03. The van der Waals surface area contributed by atoms with E-state index < -0.39 is 23.5 Å². The number of carboxylic acids is 1. The van der Waals surface area contributed by atoms with Gasteiger partial charge >= 0.3 is 12.0 Å². The van der Waals surface area contributed by atoms with E-state index in [1.807, 2.05) is 6.92 Å². The van der Waals surface area contributed by atoms with Gasteiger partial charge in [-0.2, -0.15) is 0 Å². The molecule has 0 aliphatic carbocycles. The van der Waals surface area contributed by atoms with Crippen molar-refractivity contribution in [3.05, 3.63) is 0 Å². The third-order valence-electron chi connectivity index (χ3n) is 3.08. The van der Waals surface area contributed by atoms with E-state index in [0.29, 0.717) is 6.61 Å². The number of aliphatic carboxylic acids is 1. The zero-order valence-corrected chi connectivity index (χ0v) is 11.3. The maximum atomic E-state index is 11.8. The van der Waals surface area contributed by atoms with Crippen molar-refractivity contribution in [2.75, 3.05) is 6.61 Å². The molecular weight excluding hydrogens is 236 g/mol. The normalized spacial score (nSPS) is 25.6. The quantitative estimate of drug-likeness (QED) is 0.703. The van der Waals surface area contributed by atoms with Crippen LogP contribution in [0.3, 0.4) is 0 Å². The largest absolute Gasteiger partial charge is 0.480 e. The Morgan fingerprint density at radius 3 is 2.39 bits per heavy atom. The van der Waals surface area contributed by atoms with Crippen molar-refractivity contribution in [1.82, 2.24) is 10.6 Å². The number of nitrogens with one attached hydrogen (secondary N) is 2. The maximum absolute atomic E-state index is 11.8. The van der Waals surface area contributed by atoms with Gasteiger partial charge in [0.25, 0.3) is 0 Å². The van der Waals surface area contributed by atoms with Gasteiger partial charge < -0.3 is 20.5 Å². The zero-order chi connectivity index (χ0) is 13.9. The molecule has 1 rings (SSSR count). The number of carbonyl (C=O) groups excluding carboxylic acids is 1. The number of hydrogen-bond acceptors (Lipinski definition) is 3. The molecule has 104 valence electrons. The van der Waals surface area contributed by atoms with Gasteiger partial charge in [-0.25, -0.2) is 9.59 Å². The van der Waals surface area contributed by atoms with Crippen LogP contribution in [0.2, 0.25) is 0 Å². The highest BCUT2D eigenvalue weighted by Gasteiger charge is 2.34. The van der Waals surface area contributed by atoms with Gasteiger partial charge in [-0.1, -0.05) is 20.8 Å². The van der Waals surface area contributed by atoms with Gasteiger partial charge in [0.1, 0.15) is 6.04 Å². The standard InChI is InChI=1S/C12H22N2O4/c1-7-8(5-6-18-7)13-11(17)14-9(10(15)16)12(2,3)4/h7-9H,5-6H2,1-4H3,(H,15,16)(H2,13,14,17). The van der Waals surface area contributed by atoms with Crippen LogP contribution in [-0.4, -0.2) is 41.9 Å². The summed E-state index contributed by atoms with van der Waals surface area (Å²) in [6.45, 7) is 7.82. The van der Waals surface area contributed by atoms with Gasteiger partial charge in [-0.05, 0) is 18.8 Å². The van der Waals surface area contributed by atoms with Crippen LogP contribution in [0, 0.1) is 5.41 Å². The number of ether oxygens (including phenoxy) is 1. The lowest BCUT2D eigenvalue weighted by Gasteiger charge is -2.28. The van der Waals surface area contributed by atoms with Crippen LogP contribution in [0.4, 0.5) is 4.79 Å². The molecule has 1 aliphatic rings. The fourth-order valence-electron chi connectivity index (χ4n) is 1.91. The predicted octanol–water partition coefficient (Wildman–Crippen LogP) is 0.962. The topological polar surface area (TPSA) is 87.7 Å². The third kappa shape index (κ3) is 3.87. The van der Waals surface area contributed by atoms with E-state index in [1.165, 1.54) is 0 Å². The molecule has 18 heavy (non-hydrogen) atoms. The summed E-state index contributed by atoms with van der Waals surface area (Å²) in [4.78, 5) is 22.9. The lowest BCUT2D eigenvalue weighted by molar-refractivity contribution is -0.141. The molecule has 0 aromatic carbocycles. The first-order valence-corrected chi connectivity index (χ1v) is 6.13. The first-order valence-electron chi connectivity index (χ1n) is 6.13. The van der Waals surface area contributed by atoms with Crippen molar-refractivity contribution in [1.29, 1.82) is 0 Å². The van der Waals surface area contributed by atoms with Crippen molar-refractivity contribution in [3.8, 4) is 0 Å². The van der Waals surface area contributed by atoms with Crippen LogP contribution in [0.15, 0.2) is 0 Å². The highest BCUT2D eigenvalue weighted by atomic mass is 16.5. The van der Waals surface area contributed by atoms with Gasteiger partial charge in [0.15, 0.2) is 0 Å². The smallest absolute Gasteiger partial charge is 0.326 e. The van der Waals surface area contributed by atoms with Gasteiger partial charge in [0.05, 0.1) is 12.1 Å². The second kappa shape index (κ2) is 5.56. The molecule has 3 atom stereocenters. The second-order valence-corrected chi connectivity index (χ2v) is 5.73. The lowest BCUT2D eigenvalue weighted by atomic mass is 9.87. The van der Waals surface area contributed by atoms with Crippen LogP contribution in [0.5, 0.6) is 0 Å². The molecule has 3 N–H and O–H groups in total. The van der Waals surface area contributed by atoms with E-state index in [0.717, 1.165) is 6.42 Å². The predicted molar refractivity (Wildman–Crippen MR) is 66.4 cm³/mol. The molecule has 0 aromatic rings. The summed E-state index contributed by atoms with van der Waals surface area (Å²) >= 11 is 0. The van der Waals surface area contributed by atoms with Gasteiger partial charge in [-0.3, -0.25) is 0 Å². The Balaban J connectivity index is 2.54. The number of amides is 2. The van der Waals surface area contributed by atoms with E-state index in [9.17, 15) is 9.59 Å². The number of urea groups is 1. The summed E-state index contributed by atoms with van der Waals surface area (Å²) in [7, 11) is 0. The molecule has 1 aliphatic heterocycles. The van der Waals surface area contributed by atoms with E-state index in [1.54, 1.807) is 20.8 Å². The summed E-state index contributed by atoms with van der Waals surface area (Å²) in [6, 6.07) is -1.44. The Bertz CT molecular complexity index is 325. The summed E-state index contributed by atoms with van der Waals surface area (Å²) in [5.41, 5.74) is -0.541.